The molecule has 0 bridgehead atoms. The van der Waals surface area contributed by atoms with Gasteiger partial charge in [0, 0.05) is 12.3 Å². The van der Waals surface area contributed by atoms with E-state index in [1.54, 1.807) is 0 Å². The van der Waals surface area contributed by atoms with Crippen LogP contribution in [0.15, 0.2) is 0 Å². The zero-order valence-corrected chi connectivity index (χ0v) is 17.4. The van der Waals surface area contributed by atoms with Gasteiger partial charge in [0.2, 0.25) is 23.6 Å². The van der Waals surface area contributed by atoms with Gasteiger partial charge >= 0.3 is 0 Å². The summed E-state index contributed by atoms with van der Waals surface area (Å²) in [6.45, 7) is 8.02. The Hall–Kier alpha value is -1.81. The predicted molar refractivity (Wildman–Crippen MR) is 107 cm³/mol. The SMILES string of the molecule is CCCCNC(=O)[C@@H](NC(=O)[C@H](CS)NC(=O)[C@@H](N)CC(N)=O)C(C)(C)C. The Morgan fingerprint density at radius 3 is 2.07 bits per heavy atom. The predicted octanol–water partition coefficient (Wildman–Crippen LogP) is -0.949. The summed E-state index contributed by atoms with van der Waals surface area (Å²) in [6.07, 6.45) is 1.44. The molecule has 0 rings (SSSR count). The highest BCUT2D eigenvalue weighted by Crippen LogP contribution is 2.19. The number of amides is 4. The van der Waals surface area contributed by atoms with Crippen LogP contribution in [0.2, 0.25) is 0 Å². The Labute approximate surface area is 166 Å². The maximum atomic E-state index is 12.6. The second kappa shape index (κ2) is 11.8. The topological polar surface area (TPSA) is 156 Å². The van der Waals surface area contributed by atoms with E-state index in [1.807, 2.05) is 27.7 Å². The van der Waals surface area contributed by atoms with Crippen LogP contribution in [-0.2, 0) is 19.2 Å². The molecule has 0 heterocycles. The van der Waals surface area contributed by atoms with Crippen molar-refractivity contribution >= 4 is 36.3 Å². The molecule has 0 saturated carbocycles. The summed E-state index contributed by atoms with van der Waals surface area (Å²) >= 11 is 4.08. The molecule has 4 amide bonds. The third kappa shape index (κ3) is 9.62. The molecular formula is C17H33N5O4S. The minimum atomic E-state index is -1.16. The van der Waals surface area contributed by atoms with E-state index >= 15 is 0 Å². The summed E-state index contributed by atoms with van der Waals surface area (Å²) < 4.78 is 0. The van der Waals surface area contributed by atoms with Gasteiger partial charge in [-0.2, -0.15) is 12.6 Å². The van der Waals surface area contributed by atoms with Gasteiger partial charge in [-0.1, -0.05) is 34.1 Å². The first kappa shape index (κ1) is 25.2. The smallest absolute Gasteiger partial charge is 0.244 e. The van der Waals surface area contributed by atoms with Gasteiger partial charge in [0.05, 0.1) is 12.5 Å². The normalized spacial score (nSPS) is 14.6. The van der Waals surface area contributed by atoms with E-state index in [4.69, 9.17) is 11.5 Å². The molecule has 156 valence electrons. The van der Waals surface area contributed by atoms with E-state index < -0.39 is 41.3 Å². The second-order valence-electron chi connectivity index (χ2n) is 7.47. The largest absolute Gasteiger partial charge is 0.370 e. The number of carbonyl (C=O) groups excluding carboxylic acids is 4. The van der Waals surface area contributed by atoms with Gasteiger partial charge in [-0.25, -0.2) is 0 Å². The average molecular weight is 404 g/mol. The molecule has 3 atom stereocenters. The highest BCUT2D eigenvalue weighted by Gasteiger charge is 2.34. The van der Waals surface area contributed by atoms with Crippen LogP contribution < -0.4 is 27.4 Å². The van der Waals surface area contributed by atoms with Crippen molar-refractivity contribution in [2.24, 2.45) is 16.9 Å². The Morgan fingerprint density at radius 2 is 1.63 bits per heavy atom. The third-order valence-corrected chi connectivity index (χ3v) is 4.18. The van der Waals surface area contributed by atoms with Crippen LogP contribution in [-0.4, -0.2) is 54.1 Å². The van der Waals surface area contributed by atoms with Crippen molar-refractivity contribution in [2.45, 2.75) is 65.1 Å². The molecule has 0 aliphatic heterocycles. The molecule has 0 saturated heterocycles. The van der Waals surface area contributed by atoms with Crippen molar-refractivity contribution in [2.75, 3.05) is 12.3 Å². The maximum absolute atomic E-state index is 12.6. The fourth-order valence-corrected chi connectivity index (χ4v) is 2.45. The first-order valence-electron chi connectivity index (χ1n) is 8.97. The molecule has 0 aliphatic rings. The molecule has 0 radical (unpaired) electrons. The van der Waals surface area contributed by atoms with Crippen molar-refractivity contribution in [1.29, 1.82) is 0 Å². The van der Waals surface area contributed by atoms with E-state index in [0.29, 0.717) is 6.54 Å². The number of hydrogen-bond acceptors (Lipinski definition) is 6. The van der Waals surface area contributed by atoms with Gasteiger partial charge in [0.25, 0.3) is 0 Å². The third-order valence-electron chi connectivity index (χ3n) is 3.82. The van der Waals surface area contributed by atoms with E-state index in [2.05, 4.69) is 28.6 Å². The number of nitrogens with one attached hydrogen (secondary N) is 3. The highest BCUT2D eigenvalue weighted by molar-refractivity contribution is 7.80. The Balaban J connectivity index is 5.03. The summed E-state index contributed by atoms with van der Waals surface area (Å²) in [5.41, 5.74) is 10.0. The van der Waals surface area contributed by atoms with Crippen LogP contribution in [0.25, 0.3) is 0 Å². The van der Waals surface area contributed by atoms with Gasteiger partial charge in [0.1, 0.15) is 12.1 Å². The van der Waals surface area contributed by atoms with Gasteiger partial charge in [-0.3, -0.25) is 19.2 Å². The van der Waals surface area contributed by atoms with Crippen LogP contribution in [0, 0.1) is 5.41 Å². The lowest BCUT2D eigenvalue weighted by Crippen LogP contribution is -2.59. The van der Waals surface area contributed by atoms with E-state index in [1.165, 1.54) is 0 Å². The number of hydrogen-bond donors (Lipinski definition) is 6. The van der Waals surface area contributed by atoms with Crippen LogP contribution in [0.1, 0.15) is 47.0 Å². The molecular weight excluding hydrogens is 370 g/mol. The fraction of sp³-hybridized carbons (Fsp3) is 0.765. The summed E-state index contributed by atoms with van der Waals surface area (Å²) in [5, 5.41) is 7.90. The summed E-state index contributed by atoms with van der Waals surface area (Å²) in [4.78, 5) is 47.9. The van der Waals surface area contributed by atoms with Crippen LogP contribution in [0.5, 0.6) is 0 Å². The fourth-order valence-electron chi connectivity index (χ4n) is 2.19. The van der Waals surface area contributed by atoms with E-state index in [0.717, 1.165) is 12.8 Å². The first-order valence-corrected chi connectivity index (χ1v) is 9.60. The monoisotopic (exact) mass is 403 g/mol. The average Bonchev–Trinajstić information content (AvgIpc) is 2.55. The van der Waals surface area contributed by atoms with Crippen molar-refractivity contribution in [1.82, 2.24) is 16.0 Å². The molecule has 0 unspecified atom stereocenters. The summed E-state index contributed by atoms with van der Waals surface area (Å²) in [5.74, 6) is -2.27. The highest BCUT2D eigenvalue weighted by atomic mass is 32.1. The van der Waals surface area contributed by atoms with Crippen LogP contribution >= 0.6 is 12.6 Å². The first-order chi connectivity index (χ1) is 12.4. The summed E-state index contributed by atoms with van der Waals surface area (Å²) in [6, 6.07) is -2.96. The lowest BCUT2D eigenvalue weighted by atomic mass is 9.86. The van der Waals surface area contributed by atoms with Gasteiger partial charge in [-0.05, 0) is 11.8 Å². The molecule has 0 fully saturated rings. The van der Waals surface area contributed by atoms with Crippen LogP contribution in [0.4, 0.5) is 0 Å². The van der Waals surface area contributed by atoms with Crippen molar-refractivity contribution in [3.63, 3.8) is 0 Å². The lowest BCUT2D eigenvalue weighted by molar-refractivity contribution is -0.134. The van der Waals surface area contributed by atoms with Gasteiger partial charge in [-0.15, -0.1) is 0 Å². The standard InChI is InChI=1S/C17H33N5O4S/c1-5-6-7-20-16(26)13(17(2,3)4)22-15(25)11(9-27)21-14(24)10(18)8-12(19)23/h10-11,13,27H,5-9,18H2,1-4H3,(H2,19,23)(H,20,26)(H,21,24)(H,22,25)/t10-,11-,13+/m0/s1. The van der Waals surface area contributed by atoms with E-state index in [9.17, 15) is 19.2 Å². The van der Waals surface area contributed by atoms with Gasteiger partial charge < -0.3 is 27.4 Å². The number of rotatable bonds is 11. The second-order valence-corrected chi connectivity index (χ2v) is 7.84. The van der Waals surface area contributed by atoms with Crippen molar-refractivity contribution < 1.29 is 19.2 Å². The maximum Gasteiger partial charge on any atom is 0.244 e. The molecule has 7 N–H and O–H groups in total. The number of unbranched alkanes of at least 4 members (excludes halogenated alkanes) is 1. The Bertz CT molecular complexity index is 536. The molecule has 9 nitrogen and oxygen atoms in total. The lowest BCUT2D eigenvalue weighted by Gasteiger charge is -2.31. The molecule has 27 heavy (non-hydrogen) atoms. The zero-order valence-electron chi connectivity index (χ0n) is 16.5. The molecule has 0 aliphatic carbocycles. The molecule has 0 aromatic rings. The quantitative estimate of drug-likeness (QED) is 0.194. The minimum absolute atomic E-state index is 0.00478. The van der Waals surface area contributed by atoms with Crippen LogP contribution in [0.3, 0.4) is 0 Å². The van der Waals surface area contributed by atoms with E-state index in [-0.39, 0.29) is 18.1 Å². The Morgan fingerprint density at radius 1 is 1.04 bits per heavy atom. The molecule has 0 spiro atoms. The number of thiol groups is 1. The number of nitrogens with two attached hydrogens (primary N) is 2. The minimum Gasteiger partial charge on any atom is -0.370 e. The Kier molecular flexibility index (Phi) is 11.0. The number of carbonyl (C=O) groups is 4. The number of primary amides is 1. The molecule has 0 aromatic heterocycles. The summed E-state index contributed by atoms with van der Waals surface area (Å²) in [7, 11) is 0. The molecule has 10 heteroatoms. The van der Waals surface area contributed by atoms with Gasteiger partial charge in [0.15, 0.2) is 0 Å². The zero-order chi connectivity index (χ0) is 21.2. The van der Waals surface area contributed by atoms with Crippen molar-refractivity contribution in [3.05, 3.63) is 0 Å². The van der Waals surface area contributed by atoms with Crippen molar-refractivity contribution in [3.8, 4) is 0 Å². The molecule has 0 aromatic carbocycles.